The van der Waals surface area contributed by atoms with Gasteiger partial charge in [-0.25, -0.2) is 0 Å². The van der Waals surface area contributed by atoms with Gasteiger partial charge in [0.1, 0.15) is 18.0 Å². The molecule has 0 saturated carbocycles. The van der Waals surface area contributed by atoms with E-state index in [0.29, 0.717) is 18.8 Å². The molecule has 0 spiro atoms. The molecule has 2 heterocycles. The van der Waals surface area contributed by atoms with Crippen LogP contribution in [0.3, 0.4) is 0 Å². The molecular formula is C20H32N3O5P. The van der Waals surface area contributed by atoms with Gasteiger partial charge in [0, 0.05) is 26.1 Å². The van der Waals surface area contributed by atoms with Gasteiger partial charge in [-0.3, -0.25) is 4.79 Å². The van der Waals surface area contributed by atoms with E-state index in [4.69, 9.17) is 23.8 Å². The Bertz CT molecular complexity index is 653. The molecular weight excluding hydrogens is 393 g/mol. The average Bonchev–Trinajstić information content (AvgIpc) is 3.00. The van der Waals surface area contributed by atoms with Crippen LogP contribution in [0.1, 0.15) is 46.0 Å². The highest BCUT2D eigenvalue weighted by molar-refractivity contribution is 7.46. The van der Waals surface area contributed by atoms with Crippen molar-refractivity contribution in [3.05, 3.63) is 24.7 Å². The Balaban J connectivity index is 2.29. The van der Waals surface area contributed by atoms with Gasteiger partial charge in [-0.1, -0.05) is 33.3 Å². The fourth-order valence-corrected chi connectivity index (χ4v) is 4.75. The predicted molar refractivity (Wildman–Crippen MR) is 110 cm³/mol. The summed E-state index contributed by atoms with van der Waals surface area (Å²) in [6, 6.07) is 2.07. The number of hydrogen-bond acceptors (Lipinski definition) is 7. The van der Waals surface area contributed by atoms with Crippen molar-refractivity contribution in [3.63, 3.8) is 0 Å². The van der Waals surface area contributed by atoms with Crippen molar-refractivity contribution < 1.29 is 23.3 Å². The number of rotatable bonds is 11. The van der Waals surface area contributed by atoms with Gasteiger partial charge in [0.15, 0.2) is 14.6 Å². The molecule has 29 heavy (non-hydrogen) atoms. The van der Waals surface area contributed by atoms with Crippen LogP contribution in [0.25, 0.3) is 0 Å². The minimum absolute atomic E-state index is 0.221. The van der Waals surface area contributed by atoms with E-state index in [1.54, 1.807) is 18.2 Å². The molecule has 9 heteroatoms. The molecule has 2 aliphatic rings. The number of hydrogen-bond donors (Lipinski definition) is 1. The highest BCUT2D eigenvalue weighted by atomic mass is 31.2. The summed E-state index contributed by atoms with van der Waals surface area (Å²) >= 11 is 0. The second-order valence-electron chi connectivity index (χ2n) is 7.10. The van der Waals surface area contributed by atoms with Crippen molar-refractivity contribution in [1.82, 2.24) is 10.2 Å². The lowest BCUT2D eigenvalue weighted by molar-refractivity contribution is -0.126. The first-order chi connectivity index (χ1) is 13.9. The molecule has 0 bridgehead atoms. The van der Waals surface area contributed by atoms with Crippen molar-refractivity contribution in [3.8, 4) is 6.07 Å². The highest BCUT2D eigenvalue weighted by Crippen LogP contribution is 2.48. The monoisotopic (exact) mass is 425 g/mol. The smallest absolute Gasteiger partial charge is 0.250 e. The minimum Gasteiger partial charge on any atom is -0.374 e. The Hall–Kier alpha value is -1.49. The fourth-order valence-electron chi connectivity index (χ4n) is 3.71. The summed E-state index contributed by atoms with van der Waals surface area (Å²) < 4.78 is 24.5. The number of nitrogens with one attached hydrogen (secondary N) is 1. The molecule has 1 fully saturated rings. The lowest BCUT2D eigenvalue weighted by atomic mass is 9.87. The van der Waals surface area contributed by atoms with Crippen molar-refractivity contribution in [2.75, 3.05) is 20.4 Å². The predicted octanol–water partition coefficient (Wildman–Crippen LogP) is 3.37. The Morgan fingerprint density at radius 1 is 1.48 bits per heavy atom. The van der Waals surface area contributed by atoms with E-state index >= 15 is 0 Å². The molecule has 162 valence electrons. The zero-order valence-electron chi connectivity index (χ0n) is 17.7. The van der Waals surface area contributed by atoms with E-state index in [2.05, 4.69) is 31.8 Å². The van der Waals surface area contributed by atoms with Crippen molar-refractivity contribution in [2.24, 2.45) is 0 Å². The third-order valence-electron chi connectivity index (χ3n) is 5.27. The van der Waals surface area contributed by atoms with Gasteiger partial charge in [0.05, 0.1) is 24.7 Å². The summed E-state index contributed by atoms with van der Waals surface area (Å²) in [6.07, 6.45) is 5.75. The van der Waals surface area contributed by atoms with E-state index < -0.39 is 26.3 Å². The van der Waals surface area contributed by atoms with Crippen molar-refractivity contribution in [2.45, 2.75) is 70.0 Å². The molecule has 1 amide bonds. The third kappa shape index (κ3) is 5.56. The van der Waals surface area contributed by atoms with Crippen LogP contribution in [0.5, 0.6) is 0 Å². The topological polar surface area (TPSA) is 93.1 Å². The van der Waals surface area contributed by atoms with Crippen LogP contribution in [0.2, 0.25) is 0 Å². The molecule has 0 aromatic rings. The van der Waals surface area contributed by atoms with Gasteiger partial charge in [-0.05, 0) is 12.8 Å². The maximum absolute atomic E-state index is 11.6. The molecule has 0 aliphatic carbocycles. The Morgan fingerprint density at radius 2 is 2.24 bits per heavy atom. The normalized spacial score (nSPS) is 30.3. The molecule has 2 unspecified atom stereocenters. The number of nitrogens with zero attached hydrogens (tertiary/aromatic N) is 2. The Morgan fingerprint density at radius 3 is 2.83 bits per heavy atom. The minimum atomic E-state index is -1.21. The lowest BCUT2D eigenvalue weighted by Gasteiger charge is -2.35. The lowest BCUT2D eigenvalue weighted by Crippen LogP contribution is -2.47. The molecule has 2 rings (SSSR count). The number of unbranched alkanes of at least 4 members (excludes halogenated alkanes) is 1. The van der Waals surface area contributed by atoms with Gasteiger partial charge < -0.3 is 28.7 Å². The largest absolute Gasteiger partial charge is 0.374 e. The molecule has 2 aliphatic heterocycles. The molecule has 0 aromatic heterocycles. The molecule has 1 saturated heterocycles. The maximum Gasteiger partial charge on any atom is 0.250 e. The van der Waals surface area contributed by atoms with Gasteiger partial charge in [-0.15, -0.1) is 0 Å². The third-order valence-corrected chi connectivity index (χ3v) is 6.34. The highest BCUT2D eigenvalue weighted by Gasteiger charge is 2.57. The summed E-state index contributed by atoms with van der Waals surface area (Å²) in [5.41, 5.74) is -0.549. The van der Waals surface area contributed by atoms with Gasteiger partial charge in [0.25, 0.3) is 5.91 Å². The van der Waals surface area contributed by atoms with Crippen LogP contribution in [-0.4, -0.2) is 55.2 Å². The standard InChI is InChI=1S/C20H32N3O5P/c1-6-8-11-20(7-2)18(28-29(5)26-14-9-12-21)17(25-4)19(27-20)23-13-10-16(24)22-15(23)3/h10,13,17-19H,3,6-9,11,14H2,1-2,4-5H3,(H,22,24)/t17-,18?,19+,20-,29?/m0/s1. The quantitative estimate of drug-likeness (QED) is 0.401. The van der Waals surface area contributed by atoms with Crippen molar-refractivity contribution >= 4 is 14.3 Å². The van der Waals surface area contributed by atoms with Gasteiger partial charge in [0.2, 0.25) is 0 Å². The molecule has 0 radical (unpaired) electrons. The SMILES string of the molecule is C=C1NC(=O)C=CN1[C@@H]1O[C@@](CC)(CCCC)C(OP(C)OCCC#N)[C@@H]1OC. The number of methoxy groups -OCH3 is 1. The van der Waals surface area contributed by atoms with Gasteiger partial charge >= 0.3 is 0 Å². The first kappa shape index (κ1) is 23.8. The van der Waals surface area contributed by atoms with Crippen LogP contribution >= 0.6 is 8.38 Å². The van der Waals surface area contributed by atoms with E-state index in [0.717, 1.165) is 25.7 Å². The summed E-state index contributed by atoms with van der Waals surface area (Å²) in [7, 11) is 0.422. The zero-order valence-corrected chi connectivity index (χ0v) is 18.6. The molecule has 1 N–H and O–H groups in total. The summed E-state index contributed by atoms with van der Waals surface area (Å²) in [6.45, 7) is 10.4. The average molecular weight is 425 g/mol. The fraction of sp³-hybridized carbons (Fsp3) is 0.700. The van der Waals surface area contributed by atoms with Crippen LogP contribution in [0.4, 0.5) is 0 Å². The van der Waals surface area contributed by atoms with E-state index in [1.807, 2.05) is 6.66 Å². The van der Waals surface area contributed by atoms with Crippen LogP contribution in [0.15, 0.2) is 24.7 Å². The first-order valence-corrected chi connectivity index (χ1v) is 11.6. The van der Waals surface area contributed by atoms with E-state index in [1.165, 1.54) is 6.08 Å². The number of nitriles is 1. The Kier molecular flexibility index (Phi) is 9.06. The van der Waals surface area contributed by atoms with E-state index in [9.17, 15) is 4.79 Å². The summed E-state index contributed by atoms with van der Waals surface area (Å²) in [4.78, 5) is 13.4. The van der Waals surface area contributed by atoms with E-state index in [-0.39, 0.29) is 12.0 Å². The molecule has 5 atom stereocenters. The number of carbonyl (C=O) groups is 1. The second kappa shape index (κ2) is 11.1. The zero-order chi connectivity index (χ0) is 21.4. The Labute approximate surface area is 174 Å². The maximum atomic E-state index is 11.6. The number of amides is 1. The van der Waals surface area contributed by atoms with Crippen LogP contribution < -0.4 is 5.32 Å². The molecule has 0 aromatic carbocycles. The van der Waals surface area contributed by atoms with Crippen molar-refractivity contribution in [1.29, 1.82) is 5.26 Å². The number of ether oxygens (including phenoxy) is 2. The van der Waals surface area contributed by atoms with Gasteiger partial charge in [-0.2, -0.15) is 5.26 Å². The summed E-state index contributed by atoms with van der Waals surface area (Å²) in [5, 5.41) is 11.4. The van der Waals surface area contributed by atoms with Crippen LogP contribution in [0, 0.1) is 11.3 Å². The first-order valence-electron chi connectivity index (χ1n) is 9.99. The second-order valence-corrected chi connectivity index (χ2v) is 8.44. The number of carbonyl (C=O) groups excluding carboxylic acids is 1. The van der Waals surface area contributed by atoms with Crippen LogP contribution in [-0.2, 0) is 23.3 Å². The molecule has 8 nitrogen and oxygen atoms in total. The summed E-state index contributed by atoms with van der Waals surface area (Å²) in [5.74, 6) is 0.219.